The van der Waals surface area contributed by atoms with Crippen molar-refractivity contribution in [2.45, 2.75) is 19.8 Å². The van der Waals surface area contributed by atoms with Crippen molar-refractivity contribution < 1.29 is 14.7 Å². The number of carbonyl (C=O) groups excluding carboxylic acids is 1. The maximum Gasteiger partial charge on any atom is 0.303 e. The third kappa shape index (κ3) is 7.27. The molecule has 5 heteroatoms. The minimum Gasteiger partial charge on any atom is -0.481 e. The molecule has 0 aliphatic rings. The topological polar surface area (TPSA) is 92.4 Å². The van der Waals surface area contributed by atoms with Crippen LogP contribution in [-0.2, 0) is 9.59 Å². The lowest BCUT2D eigenvalue weighted by Crippen LogP contribution is -2.33. The SMILES string of the molecule is CC(CCC(=O)O)CNC(=O)CN. The van der Waals surface area contributed by atoms with E-state index in [-0.39, 0.29) is 24.8 Å². The molecule has 13 heavy (non-hydrogen) atoms. The fourth-order valence-corrected chi connectivity index (χ4v) is 0.832. The molecule has 1 atom stereocenters. The van der Waals surface area contributed by atoms with E-state index >= 15 is 0 Å². The second kappa shape index (κ2) is 6.42. The largest absolute Gasteiger partial charge is 0.481 e. The fourth-order valence-electron chi connectivity index (χ4n) is 0.832. The third-order valence-electron chi connectivity index (χ3n) is 1.68. The standard InChI is InChI=1S/C8H16N2O3/c1-6(2-3-8(12)13)5-10-7(11)4-9/h6H,2-5,9H2,1H3,(H,10,11)(H,12,13). The van der Waals surface area contributed by atoms with Crippen LogP contribution in [0.1, 0.15) is 19.8 Å². The number of hydrogen-bond donors (Lipinski definition) is 3. The van der Waals surface area contributed by atoms with Crippen molar-refractivity contribution in [3.8, 4) is 0 Å². The van der Waals surface area contributed by atoms with E-state index in [1.54, 1.807) is 0 Å². The van der Waals surface area contributed by atoms with Gasteiger partial charge in [0.25, 0.3) is 0 Å². The van der Waals surface area contributed by atoms with E-state index in [4.69, 9.17) is 10.8 Å². The van der Waals surface area contributed by atoms with Crippen molar-refractivity contribution in [1.82, 2.24) is 5.32 Å². The van der Waals surface area contributed by atoms with Gasteiger partial charge in [0.15, 0.2) is 0 Å². The van der Waals surface area contributed by atoms with Crippen LogP contribution < -0.4 is 11.1 Å². The van der Waals surface area contributed by atoms with Gasteiger partial charge in [0.05, 0.1) is 6.54 Å². The summed E-state index contributed by atoms with van der Waals surface area (Å²) in [6.45, 7) is 2.36. The van der Waals surface area contributed by atoms with E-state index in [1.165, 1.54) is 0 Å². The van der Waals surface area contributed by atoms with Crippen LogP contribution in [0.2, 0.25) is 0 Å². The Hall–Kier alpha value is -1.10. The average Bonchev–Trinajstić information content (AvgIpc) is 2.10. The van der Waals surface area contributed by atoms with Crippen molar-refractivity contribution in [2.75, 3.05) is 13.1 Å². The van der Waals surface area contributed by atoms with E-state index in [0.717, 1.165) is 0 Å². The van der Waals surface area contributed by atoms with E-state index < -0.39 is 5.97 Å². The van der Waals surface area contributed by atoms with Crippen LogP contribution in [0.4, 0.5) is 0 Å². The Morgan fingerprint density at radius 1 is 1.54 bits per heavy atom. The van der Waals surface area contributed by atoms with Gasteiger partial charge in [-0.2, -0.15) is 0 Å². The highest BCUT2D eigenvalue weighted by Gasteiger charge is 2.06. The Kier molecular flexibility index (Phi) is 5.88. The van der Waals surface area contributed by atoms with Crippen LogP contribution in [-0.4, -0.2) is 30.1 Å². The first kappa shape index (κ1) is 11.9. The first-order valence-corrected chi connectivity index (χ1v) is 4.24. The summed E-state index contributed by atoms with van der Waals surface area (Å²) in [7, 11) is 0. The minimum atomic E-state index is -0.808. The van der Waals surface area contributed by atoms with Crippen LogP contribution in [0.5, 0.6) is 0 Å². The molecule has 5 nitrogen and oxygen atoms in total. The summed E-state index contributed by atoms with van der Waals surface area (Å²) in [5.74, 6) is -0.842. The van der Waals surface area contributed by atoms with Crippen LogP contribution >= 0.6 is 0 Å². The quantitative estimate of drug-likeness (QED) is 0.527. The lowest BCUT2D eigenvalue weighted by molar-refractivity contribution is -0.137. The molecule has 76 valence electrons. The maximum atomic E-state index is 10.7. The van der Waals surface area contributed by atoms with Gasteiger partial charge in [-0.3, -0.25) is 9.59 Å². The van der Waals surface area contributed by atoms with Crippen molar-refractivity contribution in [3.63, 3.8) is 0 Å². The Morgan fingerprint density at radius 3 is 2.62 bits per heavy atom. The molecular weight excluding hydrogens is 172 g/mol. The summed E-state index contributed by atoms with van der Waals surface area (Å²) in [5.41, 5.74) is 5.07. The summed E-state index contributed by atoms with van der Waals surface area (Å²) in [6.07, 6.45) is 0.708. The molecule has 1 amide bonds. The zero-order valence-corrected chi connectivity index (χ0v) is 7.75. The average molecular weight is 188 g/mol. The van der Waals surface area contributed by atoms with Crippen LogP contribution in [0.25, 0.3) is 0 Å². The molecule has 0 aromatic heterocycles. The van der Waals surface area contributed by atoms with Gasteiger partial charge in [-0.25, -0.2) is 0 Å². The zero-order valence-electron chi connectivity index (χ0n) is 7.75. The smallest absolute Gasteiger partial charge is 0.303 e. The van der Waals surface area contributed by atoms with Crippen molar-refractivity contribution in [3.05, 3.63) is 0 Å². The Bertz CT molecular complexity index is 182. The molecule has 0 aliphatic heterocycles. The van der Waals surface area contributed by atoms with Crippen LogP contribution in [0, 0.1) is 5.92 Å². The van der Waals surface area contributed by atoms with E-state index in [9.17, 15) is 9.59 Å². The maximum absolute atomic E-state index is 10.7. The summed E-state index contributed by atoms with van der Waals surface area (Å²) in [4.78, 5) is 20.9. The van der Waals surface area contributed by atoms with Gasteiger partial charge in [0.2, 0.25) is 5.91 Å². The Morgan fingerprint density at radius 2 is 2.15 bits per heavy atom. The summed E-state index contributed by atoms with van der Waals surface area (Å²) in [6, 6.07) is 0. The highest BCUT2D eigenvalue weighted by molar-refractivity contribution is 5.77. The molecule has 0 fully saturated rings. The highest BCUT2D eigenvalue weighted by Crippen LogP contribution is 2.03. The number of nitrogens with one attached hydrogen (secondary N) is 1. The third-order valence-corrected chi connectivity index (χ3v) is 1.68. The number of nitrogens with two attached hydrogens (primary N) is 1. The number of aliphatic carboxylic acids is 1. The molecule has 0 radical (unpaired) electrons. The first-order chi connectivity index (χ1) is 6.06. The van der Waals surface area contributed by atoms with Gasteiger partial charge in [-0.15, -0.1) is 0 Å². The highest BCUT2D eigenvalue weighted by atomic mass is 16.4. The van der Waals surface area contributed by atoms with E-state index in [0.29, 0.717) is 13.0 Å². The molecule has 0 aromatic rings. The molecule has 0 heterocycles. The molecule has 0 saturated carbocycles. The predicted octanol–water partition coefficient (Wildman–Crippen LogP) is -0.438. The second-order valence-electron chi connectivity index (χ2n) is 3.05. The number of rotatable bonds is 6. The second-order valence-corrected chi connectivity index (χ2v) is 3.05. The Balaban J connectivity index is 3.45. The van der Waals surface area contributed by atoms with Gasteiger partial charge in [-0.05, 0) is 12.3 Å². The lowest BCUT2D eigenvalue weighted by Gasteiger charge is -2.10. The molecule has 0 rings (SSSR count). The van der Waals surface area contributed by atoms with Gasteiger partial charge in [0.1, 0.15) is 0 Å². The number of carboxylic acids is 1. The monoisotopic (exact) mass is 188 g/mol. The number of hydrogen-bond acceptors (Lipinski definition) is 3. The van der Waals surface area contributed by atoms with Crippen molar-refractivity contribution in [1.29, 1.82) is 0 Å². The predicted molar refractivity (Wildman–Crippen MR) is 48.1 cm³/mol. The molecule has 0 aliphatic carbocycles. The van der Waals surface area contributed by atoms with Gasteiger partial charge in [-0.1, -0.05) is 6.92 Å². The number of carboxylic acid groups (broad SMARTS) is 1. The summed E-state index contributed by atoms with van der Waals surface area (Å²) < 4.78 is 0. The molecular formula is C8H16N2O3. The molecule has 1 unspecified atom stereocenters. The Labute approximate surface area is 77.3 Å². The van der Waals surface area contributed by atoms with E-state index in [1.807, 2.05) is 6.92 Å². The molecule has 0 spiro atoms. The molecule has 0 saturated heterocycles. The van der Waals surface area contributed by atoms with E-state index in [2.05, 4.69) is 5.32 Å². The summed E-state index contributed by atoms with van der Waals surface area (Å²) in [5, 5.41) is 11.0. The van der Waals surface area contributed by atoms with Crippen molar-refractivity contribution in [2.24, 2.45) is 11.7 Å². The van der Waals surface area contributed by atoms with Crippen LogP contribution in [0.3, 0.4) is 0 Å². The molecule has 4 N–H and O–H groups in total. The van der Waals surface area contributed by atoms with Crippen LogP contribution in [0.15, 0.2) is 0 Å². The van der Waals surface area contributed by atoms with Gasteiger partial charge >= 0.3 is 5.97 Å². The first-order valence-electron chi connectivity index (χ1n) is 4.24. The summed E-state index contributed by atoms with van der Waals surface area (Å²) >= 11 is 0. The van der Waals surface area contributed by atoms with Gasteiger partial charge in [0, 0.05) is 13.0 Å². The zero-order chi connectivity index (χ0) is 10.3. The van der Waals surface area contributed by atoms with Gasteiger partial charge < -0.3 is 16.2 Å². The number of carbonyl (C=O) groups is 2. The minimum absolute atomic E-state index is 0.0222. The molecule has 0 aromatic carbocycles. The van der Waals surface area contributed by atoms with Crippen molar-refractivity contribution >= 4 is 11.9 Å². The normalized spacial score (nSPS) is 12.2. The fraction of sp³-hybridized carbons (Fsp3) is 0.750. The number of amides is 1. The molecule has 0 bridgehead atoms. The lowest BCUT2D eigenvalue weighted by atomic mass is 10.1.